The van der Waals surface area contributed by atoms with Crippen molar-refractivity contribution >= 4 is 44.4 Å². The van der Waals surface area contributed by atoms with Gasteiger partial charge in [0.2, 0.25) is 0 Å². The van der Waals surface area contributed by atoms with Crippen molar-refractivity contribution in [2.75, 3.05) is 0 Å². The van der Waals surface area contributed by atoms with Crippen molar-refractivity contribution in [2.24, 2.45) is 0 Å². The quantitative estimate of drug-likeness (QED) is 0.404. The van der Waals surface area contributed by atoms with Crippen molar-refractivity contribution in [3.05, 3.63) is 120 Å². The maximum absolute atomic E-state index is 6.22. The van der Waals surface area contributed by atoms with E-state index in [2.05, 4.69) is 103 Å². The third-order valence-electron chi connectivity index (χ3n) is 4.64. The molecular weight excluding hydrogens is 445 g/mol. The average Bonchev–Trinajstić information content (AvgIpc) is 2.72. The average molecular weight is 465 g/mol. The van der Waals surface area contributed by atoms with Crippen molar-refractivity contribution in [1.82, 2.24) is 0 Å². The van der Waals surface area contributed by atoms with Gasteiger partial charge in [0, 0.05) is 0 Å². The Bertz CT molecular complexity index is 868. The molecule has 0 aliphatic rings. The van der Waals surface area contributed by atoms with Gasteiger partial charge in [-0.3, -0.25) is 0 Å². The van der Waals surface area contributed by atoms with Gasteiger partial charge in [0.15, 0.2) is 0 Å². The fourth-order valence-corrected chi connectivity index (χ4v) is 15.8. The van der Waals surface area contributed by atoms with Crippen molar-refractivity contribution in [3.8, 4) is 0 Å². The van der Waals surface area contributed by atoms with Crippen LogP contribution in [0.4, 0.5) is 0 Å². The fourth-order valence-electron chi connectivity index (χ4n) is 3.51. The van der Waals surface area contributed by atoms with Crippen LogP contribution < -0.4 is 14.0 Å². The topological polar surface area (TPSA) is 0 Å². The van der Waals surface area contributed by atoms with Crippen LogP contribution in [-0.4, -0.2) is 18.8 Å². The van der Waals surface area contributed by atoms with Crippen molar-refractivity contribution < 1.29 is 0 Å². The normalized spacial score (nSPS) is 11.3. The molecule has 0 saturated heterocycles. The van der Waals surface area contributed by atoms with Gasteiger partial charge in [-0.05, 0) is 0 Å². The van der Waals surface area contributed by atoms with Crippen LogP contribution in [0.1, 0.15) is 0 Å². The number of benzene rings is 4. The van der Waals surface area contributed by atoms with Gasteiger partial charge in [-0.2, -0.15) is 0 Å². The van der Waals surface area contributed by atoms with E-state index in [4.69, 9.17) is 11.6 Å². The summed E-state index contributed by atoms with van der Waals surface area (Å²) in [6.45, 7) is 0. The fraction of sp³-hybridized carbons (Fsp3) is 0. The van der Waals surface area contributed by atoms with E-state index < -0.39 is 18.8 Å². The first-order valence-corrected chi connectivity index (χ1v) is 14.1. The summed E-state index contributed by atoms with van der Waals surface area (Å²) in [5.74, 6) is 0. The van der Waals surface area contributed by atoms with E-state index in [0.29, 0.717) is 0 Å². The molecule has 4 aromatic rings. The summed E-state index contributed by atoms with van der Waals surface area (Å²) >= 11 is 2.97. The Kier molecular flexibility index (Phi) is 5.16. The Labute approximate surface area is 164 Å². The van der Waals surface area contributed by atoms with Crippen LogP contribution in [0, 0.1) is 0 Å². The van der Waals surface area contributed by atoms with Gasteiger partial charge in [0.05, 0.1) is 0 Å². The first kappa shape index (κ1) is 17.4. The van der Waals surface area contributed by atoms with Gasteiger partial charge < -0.3 is 0 Å². The second-order valence-electron chi connectivity index (χ2n) is 6.15. The predicted molar refractivity (Wildman–Crippen MR) is 115 cm³/mol. The summed E-state index contributed by atoms with van der Waals surface area (Å²) < 4.78 is 5.71. The van der Waals surface area contributed by atoms with E-state index in [1.807, 2.05) is 12.1 Å². The van der Waals surface area contributed by atoms with Crippen molar-refractivity contribution in [1.29, 1.82) is 0 Å². The predicted octanol–water partition coefficient (Wildman–Crippen LogP) is 3.72. The Morgan fingerprint density at radius 1 is 0.385 bits per heavy atom. The molecule has 0 spiro atoms. The van der Waals surface area contributed by atoms with Gasteiger partial charge in [-0.15, -0.1) is 0 Å². The molecule has 0 saturated carbocycles. The van der Waals surface area contributed by atoms with E-state index in [1.165, 1.54) is 14.0 Å². The summed E-state index contributed by atoms with van der Waals surface area (Å²) in [5.41, 5.74) is 0. The first-order valence-electron chi connectivity index (χ1n) is 8.64. The van der Waals surface area contributed by atoms with Crippen molar-refractivity contribution in [2.45, 2.75) is 0 Å². The molecule has 0 aromatic heterocycles. The first-order chi connectivity index (χ1) is 12.8. The molecule has 2 heteroatoms. The Balaban J connectivity index is 2.12. The van der Waals surface area contributed by atoms with Gasteiger partial charge >= 0.3 is 165 Å². The summed E-state index contributed by atoms with van der Waals surface area (Å²) in [7, 11) is 0. The van der Waals surface area contributed by atoms with Crippen LogP contribution in [0.3, 0.4) is 0 Å². The summed E-state index contributed by atoms with van der Waals surface area (Å²) in [5, 5.41) is 0.779. The molecule has 0 nitrogen and oxygen atoms in total. The van der Waals surface area contributed by atoms with E-state index >= 15 is 0 Å². The minimum absolute atomic E-state index is 0.779. The Morgan fingerprint density at radius 3 is 1.04 bits per heavy atom. The van der Waals surface area contributed by atoms with E-state index in [1.54, 1.807) is 0 Å². The molecule has 0 bridgehead atoms. The molecule has 0 atom stereocenters. The zero-order valence-corrected chi connectivity index (χ0v) is 17.6. The molecule has 0 heterocycles. The van der Waals surface area contributed by atoms with Crippen LogP contribution in [0.5, 0.6) is 0 Å². The zero-order chi connectivity index (χ0) is 17.8. The molecule has 127 valence electrons. The molecule has 0 aliphatic carbocycles. The molecular formula is C24H19ClSb. The molecule has 1 radical (unpaired) electrons. The van der Waals surface area contributed by atoms with Crippen LogP contribution in [0.15, 0.2) is 115 Å². The second-order valence-corrected chi connectivity index (χ2v) is 16.3. The van der Waals surface area contributed by atoms with Gasteiger partial charge in [0.25, 0.3) is 0 Å². The minimum atomic E-state index is -3.26. The van der Waals surface area contributed by atoms with Gasteiger partial charge in [-0.25, -0.2) is 0 Å². The third-order valence-corrected chi connectivity index (χ3v) is 17.1. The van der Waals surface area contributed by atoms with Crippen molar-refractivity contribution in [3.63, 3.8) is 0 Å². The monoisotopic (exact) mass is 463 g/mol. The van der Waals surface area contributed by atoms with E-state index in [0.717, 1.165) is 5.02 Å². The molecule has 0 aliphatic heterocycles. The molecule has 4 rings (SSSR count). The number of hydrogen-bond acceptors (Lipinski definition) is 0. The number of rotatable bonds is 4. The molecule has 0 fully saturated rings. The number of halogens is 1. The van der Waals surface area contributed by atoms with Crippen LogP contribution >= 0.6 is 11.6 Å². The Hall–Kier alpha value is -2.01. The summed E-state index contributed by atoms with van der Waals surface area (Å²) in [6.07, 6.45) is 0. The van der Waals surface area contributed by atoms with E-state index in [-0.39, 0.29) is 0 Å². The van der Waals surface area contributed by atoms with Gasteiger partial charge in [-0.1, -0.05) is 0 Å². The van der Waals surface area contributed by atoms with Crippen LogP contribution in [0.25, 0.3) is 0 Å². The maximum atomic E-state index is 6.22. The SMILES string of the molecule is Clc1cc[c]([Sb]([c]2ccccc2)([c]2ccccc2)[c]2ccccc2)cc1. The van der Waals surface area contributed by atoms with Crippen LogP contribution in [0.2, 0.25) is 5.02 Å². The zero-order valence-electron chi connectivity index (χ0n) is 14.3. The second kappa shape index (κ2) is 7.70. The molecule has 0 amide bonds. The van der Waals surface area contributed by atoms with E-state index in [9.17, 15) is 0 Å². The standard InChI is InChI=1S/C6H4Cl.3C6H5.Sb/c7-6-4-2-1-3-5-6;3*1-2-4-6-5-3-1;/h2-5H;3*1-5H;. The molecule has 0 N–H and O–H groups in total. The molecule has 26 heavy (non-hydrogen) atoms. The van der Waals surface area contributed by atoms with Gasteiger partial charge in [0.1, 0.15) is 0 Å². The van der Waals surface area contributed by atoms with Crippen LogP contribution in [-0.2, 0) is 0 Å². The summed E-state index contributed by atoms with van der Waals surface area (Å²) in [6, 6.07) is 41.4. The Morgan fingerprint density at radius 2 is 0.692 bits per heavy atom. The number of hydrogen-bond donors (Lipinski definition) is 0. The third kappa shape index (κ3) is 3.09. The molecule has 4 aromatic carbocycles. The summed E-state index contributed by atoms with van der Waals surface area (Å²) in [4.78, 5) is 0. The molecule has 0 unspecified atom stereocenters.